The third kappa shape index (κ3) is 4.63. The van der Waals surface area contributed by atoms with Gasteiger partial charge in [-0.05, 0) is 29.7 Å². The molecule has 1 aliphatic rings. The second kappa shape index (κ2) is 8.35. The predicted octanol–water partition coefficient (Wildman–Crippen LogP) is 4.99. The Bertz CT molecular complexity index is 645. The Balaban J connectivity index is 1.80. The summed E-state index contributed by atoms with van der Waals surface area (Å²) in [6.07, 6.45) is 2.62. The van der Waals surface area contributed by atoms with Crippen LogP contribution in [-0.2, 0) is 0 Å². The summed E-state index contributed by atoms with van der Waals surface area (Å²) in [6.45, 7) is 8.34. The van der Waals surface area contributed by atoms with Crippen LogP contribution < -0.4 is 0 Å². The minimum Gasteiger partial charge on any atom is -0.324 e. The van der Waals surface area contributed by atoms with E-state index in [0.717, 1.165) is 18.1 Å². The van der Waals surface area contributed by atoms with Crippen molar-refractivity contribution in [2.45, 2.75) is 25.8 Å². The number of nitrogens with zero attached hydrogens (tertiary/aromatic N) is 2. The molecule has 0 bridgehead atoms. The molecular weight excluding hydrogens is 328 g/mol. The molecule has 1 fully saturated rings. The summed E-state index contributed by atoms with van der Waals surface area (Å²) in [7, 11) is 2.42. The van der Waals surface area contributed by atoms with Crippen molar-refractivity contribution in [3.8, 4) is 0 Å². The Morgan fingerprint density at radius 3 is 2.16 bits per heavy atom. The van der Waals surface area contributed by atoms with E-state index in [4.69, 9.17) is 11.6 Å². The minimum absolute atomic E-state index is 0.318. The summed E-state index contributed by atoms with van der Waals surface area (Å²) in [6, 6.07) is 19.6. The number of likely N-dealkylation sites (N-methyl/N-ethyl adjacent to an activating group) is 1. The second-order valence-corrected chi connectivity index (χ2v) is 7.98. The van der Waals surface area contributed by atoms with Gasteiger partial charge in [0, 0.05) is 18.1 Å². The molecule has 1 atom stereocenters. The molecule has 1 unspecified atom stereocenters. The van der Waals surface area contributed by atoms with Crippen LogP contribution in [0.1, 0.15) is 36.9 Å². The molecule has 0 aromatic heterocycles. The number of rotatable bonds is 6. The summed E-state index contributed by atoms with van der Waals surface area (Å²) in [5.74, 6) is 0. The molecule has 0 aliphatic carbocycles. The Hall–Kier alpha value is -1.35. The largest absolute Gasteiger partial charge is 0.324 e. The Morgan fingerprint density at radius 1 is 0.960 bits per heavy atom. The summed E-state index contributed by atoms with van der Waals surface area (Å²) in [5.41, 5.74) is 2.70. The highest BCUT2D eigenvalue weighted by atomic mass is 35.5. The van der Waals surface area contributed by atoms with Crippen molar-refractivity contribution in [2.75, 3.05) is 39.8 Å². The van der Waals surface area contributed by atoms with Crippen molar-refractivity contribution < 1.29 is 4.48 Å². The zero-order valence-electron chi connectivity index (χ0n) is 15.5. The number of piperazine rings is 1. The van der Waals surface area contributed by atoms with Gasteiger partial charge in [-0.15, -0.1) is 0 Å². The lowest BCUT2D eigenvalue weighted by molar-refractivity contribution is -0.914. The Kier molecular flexibility index (Phi) is 6.16. The van der Waals surface area contributed by atoms with E-state index in [1.807, 2.05) is 12.1 Å². The minimum atomic E-state index is 0.318. The number of hydrogen-bond acceptors (Lipinski definition) is 1. The molecule has 3 rings (SSSR count). The van der Waals surface area contributed by atoms with Crippen LogP contribution in [0.2, 0.25) is 5.02 Å². The maximum Gasteiger partial charge on any atom is 0.0914 e. The van der Waals surface area contributed by atoms with Gasteiger partial charge in [-0.2, -0.15) is 0 Å². The molecule has 2 nitrogen and oxygen atoms in total. The topological polar surface area (TPSA) is 3.24 Å². The molecule has 0 spiro atoms. The van der Waals surface area contributed by atoms with E-state index in [2.05, 4.69) is 61.3 Å². The van der Waals surface area contributed by atoms with E-state index in [-0.39, 0.29) is 0 Å². The summed E-state index contributed by atoms with van der Waals surface area (Å²) < 4.78 is 1.21. The van der Waals surface area contributed by atoms with E-state index >= 15 is 0 Å². The molecule has 1 heterocycles. The maximum atomic E-state index is 6.12. The number of unbranched alkanes of at least 4 members (excludes halogenated alkanes) is 1. The van der Waals surface area contributed by atoms with Gasteiger partial charge in [-0.3, -0.25) is 4.90 Å². The fourth-order valence-electron chi connectivity index (χ4n) is 3.88. The standard InChI is InChI=1S/C22H30ClN2/c1-3-4-16-25(2)17-14-24(15-18-25)22(19-8-6-5-7-9-19)20-10-12-21(23)13-11-20/h5-13,22H,3-4,14-18H2,1-2H3/q+1. The van der Waals surface area contributed by atoms with Crippen molar-refractivity contribution >= 4 is 11.6 Å². The van der Waals surface area contributed by atoms with E-state index in [1.165, 1.54) is 48.1 Å². The van der Waals surface area contributed by atoms with E-state index < -0.39 is 0 Å². The number of hydrogen-bond donors (Lipinski definition) is 0. The fourth-order valence-corrected chi connectivity index (χ4v) is 4.01. The molecule has 3 heteroatoms. The van der Waals surface area contributed by atoms with E-state index in [0.29, 0.717) is 6.04 Å². The number of halogens is 1. The maximum absolute atomic E-state index is 6.12. The van der Waals surface area contributed by atoms with Gasteiger partial charge in [0.1, 0.15) is 0 Å². The summed E-state index contributed by atoms with van der Waals surface area (Å²) in [4.78, 5) is 2.64. The number of benzene rings is 2. The van der Waals surface area contributed by atoms with Crippen LogP contribution in [0, 0.1) is 0 Å². The van der Waals surface area contributed by atoms with Crippen LogP contribution in [0.15, 0.2) is 54.6 Å². The van der Waals surface area contributed by atoms with Gasteiger partial charge < -0.3 is 4.48 Å². The monoisotopic (exact) mass is 357 g/mol. The van der Waals surface area contributed by atoms with E-state index in [9.17, 15) is 0 Å². The van der Waals surface area contributed by atoms with E-state index in [1.54, 1.807) is 0 Å². The zero-order chi connectivity index (χ0) is 17.7. The fraction of sp³-hybridized carbons (Fsp3) is 0.455. The van der Waals surface area contributed by atoms with Gasteiger partial charge in [-0.1, -0.05) is 67.4 Å². The van der Waals surface area contributed by atoms with Crippen molar-refractivity contribution in [1.29, 1.82) is 0 Å². The molecule has 0 radical (unpaired) electrons. The third-order valence-electron chi connectivity index (χ3n) is 5.57. The smallest absolute Gasteiger partial charge is 0.0914 e. The molecule has 0 N–H and O–H groups in total. The molecule has 1 aliphatic heterocycles. The van der Waals surface area contributed by atoms with Crippen molar-refractivity contribution in [1.82, 2.24) is 4.90 Å². The first kappa shape index (κ1) is 18.4. The van der Waals surface area contributed by atoms with Crippen molar-refractivity contribution in [3.63, 3.8) is 0 Å². The van der Waals surface area contributed by atoms with Crippen LogP contribution in [0.4, 0.5) is 0 Å². The molecule has 1 saturated heterocycles. The van der Waals surface area contributed by atoms with Crippen molar-refractivity contribution in [3.05, 3.63) is 70.7 Å². The SMILES string of the molecule is CCCC[N+]1(C)CCN(C(c2ccccc2)c2ccc(Cl)cc2)CC1. The molecule has 2 aromatic rings. The average Bonchev–Trinajstić information content (AvgIpc) is 2.65. The first-order chi connectivity index (χ1) is 12.1. The average molecular weight is 358 g/mol. The number of quaternary nitrogens is 1. The molecular formula is C22H30ClN2+. The second-order valence-electron chi connectivity index (χ2n) is 7.54. The highest BCUT2D eigenvalue weighted by Gasteiger charge is 2.32. The van der Waals surface area contributed by atoms with Crippen molar-refractivity contribution in [2.24, 2.45) is 0 Å². The summed E-state index contributed by atoms with van der Waals surface area (Å²) >= 11 is 6.12. The Labute approximate surface area is 157 Å². The van der Waals surface area contributed by atoms with Gasteiger partial charge in [-0.25, -0.2) is 0 Å². The van der Waals surface area contributed by atoms with Crippen LogP contribution in [-0.4, -0.2) is 49.2 Å². The zero-order valence-corrected chi connectivity index (χ0v) is 16.3. The van der Waals surface area contributed by atoms with Crippen LogP contribution in [0.5, 0.6) is 0 Å². The quantitative estimate of drug-likeness (QED) is 0.658. The van der Waals surface area contributed by atoms with Crippen LogP contribution in [0.3, 0.4) is 0 Å². The first-order valence-electron chi connectivity index (χ1n) is 9.49. The molecule has 25 heavy (non-hydrogen) atoms. The van der Waals surface area contributed by atoms with Gasteiger partial charge in [0.2, 0.25) is 0 Å². The van der Waals surface area contributed by atoms with Gasteiger partial charge in [0.25, 0.3) is 0 Å². The molecule has 0 saturated carbocycles. The Morgan fingerprint density at radius 2 is 1.56 bits per heavy atom. The molecule has 2 aromatic carbocycles. The molecule has 134 valence electrons. The normalized spacial score (nSPS) is 18.8. The lowest BCUT2D eigenvalue weighted by Crippen LogP contribution is -2.58. The highest BCUT2D eigenvalue weighted by Crippen LogP contribution is 2.31. The first-order valence-corrected chi connectivity index (χ1v) is 9.87. The highest BCUT2D eigenvalue weighted by molar-refractivity contribution is 6.30. The molecule has 0 amide bonds. The third-order valence-corrected chi connectivity index (χ3v) is 5.82. The van der Waals surface area contributed by atoms with Gasteiger partial charge in [0.15, 0.2) is 0 Å². The van der Waals surface area contributed by atoms with Gasteiger partial charge in [0.05, 0.1) is 32.7 Å². The summed E-state index contributed by atoms with van der Waals surface area (Å²) in [5, 5.41) is 0.804. The van der Waals surface area contributed by atoms with Crippen LogP contribution >= 0.6 is 11.6 Å². The lowest BCUT2D eigenvalue weighted by atomic mass is 9.96. The van der Waals surface area contributed by atoms with Crippen LogP contribution in [0.25, 0.3) is 0 Å². The lowest BCUT2D eigenvalue weighted by Gasteiger charge is -2.44. The van der Waals surface area contributed by atoms with Gasteiger partial charge >= 0.3 is 0 Å². The predicted molar refractivity (Wildman–Crippen MR) is 107 cm³/mol.